The Balaban J connectivity index is 2.96. The Morgan fingerprint density at radius 3 is 1.50 bits per heavy atom. The third-order valence-electron chi connectivity index (χ3n) is 9.50. The van der Waals surface area contributed by atoms with Crippen LogP contribution < -0.4 is 0 Å². The summed E-state index contributed by atoms with van der Waals surface area (Å²) in [5, 5.41) is 81.0. The zero-order valence-electron chi connectivity index (χ0n) is 29.7. The molecule has 0 aromatic rings. The van der Waals surface area contributed by atoms with Crippen molar-refractivity contribution in [1.82, 2.24) is 0 Å². The van der Waals surface area contributed by atoms with Crippen molar-refractivity contribution in [2.45, 2.75) is 197 Å². The lowest BCUT2D eigenvalue weighted by Crippen LogP contribution is -2.62. The Morgan fingerprint density at radius 1 is 0.646 bits per heavy atom. The highest BCUT2D eigenvalue weighted by atomic mass is 16.7. The molecule has 48 heavy (non-hydrogen) atoms. The van der Waals surface area contributed by atoms with Gasteiger partial charge in [0.2, 0.25) is 0 Å². The van der Waals surface area contributed by atoms with Crippen molar-refractivity contribution >= 4 is 5.97 Å². The highest BCUT2D eigenvalue weighted by Crippen LogP contribution is 2.29. The maximum absolute atomic E-state index is 13.7. The molecule has 0 bridgehead atoms. The lowest BCUT2D eigenvalue weighted by Gasteiger charge is -2.43. The van der Waals surface area contributed by atoms with Crippen LogP contribution in [-0.4, -0.2) is 122 Å². The molecule has 8 N–H and O–H groups in total. The van der Waals surface area contributed by atoms with E-state index in [1.165, 1.54) is 64.2 Å². The number of esters is 1. The maximum atomic E-state index is 13.7. The van der Waals surface area contributed by atoms with E-state index in [-0.39, 0.29) is 0 Å². The first-order valence-electron chi connectivity index (χ1n) is 18.9. The lowest BCUT2D eigenvalue weighted by molar-refractivity contribution is -0.329. The van der Waals surface area contributed by atoms with Crippen LogP contribution in [0.3, 0.4) is 0 Å². The standard InChI is InChI=1S/C36H70O12/c1-3-5-7-9-11-13-14-16-18-20-22-26(21-19-17-15-12-10-8-6-4-2)35(45)47-34-32(44)31(43)29(25-39)46-36(34)48-33(28(41)24-38)30(42)27(40)23-37/h26-34,36-44H,3-25H2,1-2H3/t26?,27-,28+,29+,30+,31-,32-,33+,34+,36-/m0/s1. The van der Waals surface area contributed by atoms with Crippen LogP contribution in [0.25, 0.3) is 0 Å². The maximum Gasteiger partial charge on any atom is 0.309 e. The number of ether oxygens (including phenoxy) is 3. The SMILES string of the molecule is CCCCCCCCCCCCC(CCCCCCCCCC)C(=O)O[C@H]1[C@H](O[C@@H]([C@H](O)[C@@H](O)CO)[C@H](O)CO)O[C@H](CO)[C@H](O)[C@@H]1O. The van der Waals surface area contributed by atoms with E-state index >= 15 is 0 Å². The van der Waals surface area contributed by atoms with Crippen molar-refractivity contribution in [3.05, 3.63) is 0 Å². The molecule has 0 saturated carbocycles. The molecule has 12 nitrogen and oxygen atoms in total. The average Bonchev–Trinajstić information content (AvgIpc) is 3.09. The highest BCUT2D eigenvalue weighted by molar-refractivity contribution is 5.72. The normalized spacial score (nSPS) is 24.6. The van der Waals surface area contributed by atoms with Gasteiger partial charge in [0.25, 0.3) is 0 Å². The van der Waals surface area contributed by atoms with E-state index in [1.54, 1.807) is 0 Å². The van der Waals surface area contributed by atoms with Crippen LogP contribution in [0.2, 0.25) is 0 Å². The fourth-order valence-electron chi connectivity index (χ4n) is 6.29. The smallest absolute Gasteiger partial charge is 0.309 e. The third kappa shape index (κ3) is 17.3. The van der Waals surface area contributed by atoms with E-state index in [1.807, 2.05) is 0 Å². The zero-order valence-corrected chi connectivity index (χ0v) is 29.7. The van der Waals surface area contributed by atoms with Gasteiger partial charge in [-0.15, -0.1) is 0 Å². The molecule has 0 radical (unpaired) electrons. The van der Waals surface area contributed by atoms with Gasteiger partial charge in [-0.2, -0.15) is 0 Å². The minimum Gasteiger partial charge on any atom is -0.454 e. The van der Waals surface area contributed by atoms with Gasteiger partial charge < -0.3 is 55.1 Å². The van der Waals surface area contributed by atoms with E-state index in [4.69, 9.17) is 14.2 Å². The fourth-order valence-corrected chi connectivity index (χ4v) is 6.29. The molecular formula is C36H70O12. The van der Waals surface area contributed by atoms with Crippen LogP contribution in [0.5, 0.6) is 0 Å². The second kappa shape index (κ2) is 27.8. The Kier molecular flexibility index (Phi) is 26.1. The van der Waals surface area contributed by atoms with Crippen LogP contribution in [0.4, 0.5) is 0 Å². The first-order valence-corrected chi connectivity index (χ1v) is 18.9. The molecule has 12 heteroatoms. The number of hydrogen-bond acceptors (Lipinski definition) is 12. The monoisotopic (exact) mass is 694 g/mol. The van der Waals surface area contributed by atoms with Crippen LogP contribution >= 0.6 is 0 Å². The van der Waals surface area contributed by atoms with Crippen LogP contribution in [0.15, 0.2) is 0 Å². The van der Waals surface area contributed by atoms with Crippen molar-refractivity contribution in [3.63, 3.8) is 0 Å². The zero-order chi connectivity index (χ0) is 35.7. The Morgan fingerprint density at radius 2 is 1.08 bits per heavy atom. The molecule has 1 heterocycles. The second-order valence-electron chi connectivity index (χ2n) is 13.6. The van der Waals surface area contributed by atoms with Crippen molar-refractivity contribution < 1.29 is 59.9 Å². The molecule has 1 rings (SSSR count). The summed E-state index contributed by atoms with van der Waals surface area (Å²) < 4.78 is 17.1. The molecule has 0 amide bonds. The first kappa shape index (κ1) is 45.1. The highest BCUT2D eigenvalue weighted by Gasteiger charge is 2.49. The average molecular weight is 695 g/mol. The summed E-state index contributed by atoms with van der Waals surface area (Å²) in [5.74, 6) is -1.07. The molecule has 286 valence electrons. The van der Waals surface area contributed by atoms with E-state index < -0.39 is 86.8 Å². The van der Waals surface area contributed by atoms with Crippen molar-refractivity contribution in [3.8, 4) is 0 Å². The molecule has 0 spiro atoms. The van der Waals surface area contributed by atoms with Gasteiger partial charge in [0.1, 0.15) is 42.7 Å². The minimum absolute atomic E-state index is 0.472. The van der Waals surface area contributed by atoms with Gasteiger partial charge in [-0.05, 0) is 12.8 Å². The Hall–Kier alpha value is -0.930. The van der Waals surface area contributed by atoms with Gasteiger partial charge in [-0.1, -0.05) is 129 Å². The molecule has 1 fully saturated rings. The predicted octanol–water partition coefficient (Wildman–Crippen LogP) is 3.25. The van der Waals surface area contributed by atoms with Crippen molar-refractivity contribution in [2.24, 2.45) is 5.92 Å². The second-order valence-corrected chi connectivity index (χ2v) is 13.6. The molecule has 0 aliphatic carbocycles. The largest absolute Gasteiger partial charge is 0.454 e. The molecule has 0 aromatic heterocycles. The summed E-state index contributed by atoms with van der Waals surface area (Å²) in [4.78, 5) is 13.7. The van der Waals surface area contributed by atoms with Gasteiger partial charge in [0, 0.05) is 0 Å². The van der Waals surface area contributed by atoms with Crippen LogP contribution in [-0.2, 0) is 19.0 Å². The minimum atomic E-state index is -1.90. The molecular weight excluding hydrogens is 624 g/mol. The first-order chi connectivity index (χ1) is 23.2. The fraction of sp³-hybridized carbons (Fsp3) is 0.972. The number of aliphatic hydroxyl groups is 8. The Labute approximate surface area is 288 Å². The Bertz CT molecular complexity index is 773. The van der Waals surface area contributed by atoms with E-state index in [0.29, 0.717) is 12.8 Å². The van der Waals surface area contributed by atoms with Gasteiger partial charge in [-0.25, -0.2) is 0 Å². The summed E-state index contributed by atoms with van der Waals surface area (Å²) in [5.41, 5.74) is 0. The molecule has 1 saturated heterocycles. The van der Waals surface area contributed by atoms with Crippen molar-refractivity contribution in [1.29, 1.82) is 0 Å². The van der Waals surface area contributed by atoms with Gasteiger partial charge in [0.05, 0.1) is 25.7 Å². The van der Waals surface area contributed by atoms with Crippen LogP contribution in [0, 0.1) is 5.92 Å². The molecule has 0 aromatic carbocycles. The summed E-state index contributed by atoms with van der Waals surface area (Å²) in [6, 6.07) is 0. The summed E-state index contributed by atoms with van der Waals surface area (Å²) in [7, 11) is 0. The number of unbranched alkanes of at least 4 members (excludes halogenated alkanes) is 16. The molecule has 1 aliphatic heterocycles. The van der Waals surface area contributed by atoms with Gasteiger partial charge >= 0.3 is 5.97 Å². The number of carbonyl (C=O) groups is 1. The van der Waals surface area contributed by atoms with E-state index in [9.17, 15) is 45.6 Å². The summed E-state index contributed by atoms with van der Waals surface area (Å²) in [6.07, 6.45) is 6.48. The predicted molar refractivity (Wildman–Crippen MR) is 182 cm³/mol. The third-order valence-corrected chi connectivity index (χ3v) is 9.50. The lowest BCUT2D eigenvalue weighted by atomic mass is 9.93. The quantitative estimate of drug-likeness (QED) is 0.0403. The number of rotatable bonds is 30. The molecule has 10 atom stereocenters. The number of hydrogen-bond donors (Lipinski definition) is 8. The number of carbonyl (C=O) groups excluding carboxylic acids is 1. The van der Waals surface area contributed by atoms with E-state index in [2.05, 4.69) is 13.8 Å². The van der Waals surface area contributed by atoms with Gasteiger partial charge in [-0.3, -0.25) is 4.79 Å². The molecule has 1 aliphatic rings. The number of aliphatic hydroxyl groups excluding tert-OH is 8. The summed E-state index contributed by atoms with van der Waals surface area (Å²) in [6.45, 7) is 1.89. The van der Waals surface area contributed by atoms with E-state index in [0.717, 1.165) is 51.4 Å². The van der Waals surface area contributed by atoms with Crippen LogP contribution in [0.1, 0.15) is 142 Å². The van der Waals surface area contributed by atoms with Gasteiger partial charge in [0.15, 0.2) is 12.4 Å². The summed E-state index contributed by atoms with van der Waals surface area (Å²) >= 11 is 0. The van der Waals surface area contributed by atoms with Crippen molar-refractivity contribution in [2.75, 3.05) is 19.8 Å². The molecule has 1 unspecified atom stereocenters. The topological polar surface area (TPSA) is 207 Å².